The highest BCUT2D eigenvalue weighted by Crippen LogP contribution is 2.21. The highest BCUT2D eigenvalue weighted by molar-refractivity contribution is 7.13. The van der Waals surface area contributed by atoms with Crippen LogP contribution in [0.3, 0.4) is 0 Å². The second-order valence-corrected chi connectivity index (χ2v) is 6.02. The lowest BCUT2D eigenvalue weighted by molar-refractivity contribution is -0.384. The second kappa shape index (κ2) is 7.67. The fourth-order valence-electron chi connectivity index (χ4n) is 2.07. The Balaban J connectivity index is 1.48. The summed E-state index contributed by atoms with van der Waals surface area (Å²) in [5, 5.41) is 16.5. The van der Waals surface area contributed by atoms with Crippen molar-refractivity contribution in [1.29, 1.82) is 0 Å². The first-order valence-electron chi connectivity index (χ1n) is 7.37. The molecule has 128 valence electrons. The molecule has 1 aromatic carbocycles. The Bertz CT molecular complexity index is 876. The first-order valence-corrected chi connectivity index (χ1v) is 8.25. The van der Waals surface area contributed by atoms with Crippen molar-refractivity contribution in [1.82, 2.24) is 10.1 Å². The minimum absolute atomic E-state index is 0.0230. The number of non-ortho nitro benzene ring substituents is 1. The number of nitro benzene ring substituents is 1. The monoisotopic (exact) mass is 359 g/mol. The molecular weight excluding hydrogens is 346 g/mol. The van der Waals surface area contributed by atoms with Gasteiger partial charge in [0.05, 0.1) is 16.2 Å². The van der Waals surface area contributed by atoms with Crippen LogP contribution in [0.1, 0.15) is 17.9 Å². The molecule has 2 aromatic heterocycles. The Kier molecular flexibility index (Phi) is 5.14. The number of benzene rings is 1. The number of ether oxygens (including phenoxy) is 1. The Hall–Kier alpha value is -3.07. The minimum atomic E-state index is -0.494. The molecular formula is C16H13N3O5S. The fourth-order valence-corrected chi connectivity index (χ4v) is 2.72. The molecule has 3 aromatic rings. The normalized spacial score (nSPS) is 10.6. The van der Waals surface area contributed by atoms with E-state index in [1.807, 2.05) is 17.5 Å². The number of aromatic nitrogens is 2. The zero-order valence-corrected chi connectivity index (χ0v) is 13.8. The zero-order valence-electron chi connectivity index (χ0n) is 13.0. The van der Waals surface area contributed by atoms with Gasteiger partial charge in [-0.2, -0.15) is 4.98 Å². The van der Waals surface area contributed by atoms with E-state index in [0.29, 0.717) is 17.3 Å². The number of nitro groups is 1. The fraction of sp³-hybridized carbons (Fsp3) is 0.188. The van der Waals surface area contributed by atoms with E-state index in [0.717, 1.165) is 4.88 Å². The zero-order chi connectivity index (χ0) is 17.6. The smallest absolute Gasteiger partial charge is 0.306 e. The lowest BCUT2D eigenvalue weighted by Crippen LogP contribution is -2.06. The van der Waals surface area contributed by atoms with E-state index in [2.05, 4.69) is 10.1 Å². The van der Waals surface area contributed by atoms with Gasteiger partial charge in [0.2, 0.25) is 11.7 Å². The standard InChI is InChI=1S/C16H13N3O5S/c20-15(23-10-11-3-1-4-12(9-11)19(21)22)7-6-14-17-16(18-24-14)13-5-2-8-25-13/h1-5,8-9H,6-7,10H2. The van der Waals surface area contributed by atoms with Gasteiger partial charge in [0.1, 0.15) is 6.61 Å². The van der Waals surface area contributed by atoms with Gasteiger partial charge in [-0.3, -0.25) is 14.9 Å². The molecule has 0 aliphatic heterocycles. The van der Waals surface area contributed by atoms with Gasteiger partial charge in [0, 0.05) is 18.6 Å². The lowest BCUT2D eigenvalue weighted by atomic mass is 10.2. The molecule has 0 amide bonds. The van der Waals surface area contributed by atoms with Crippen LogP contribution in [-0.4, -0.2) is 21.0 Å². The summed E-state index contributed by atoms with van der Waals surface area (Å²) in [6, 6.07) is 9.73. The summed E-state index contributed by atoms with van der Waals surface area (Å²) in [7, 11) is 0. The second-order valence-electron chi connectivity index (χ2n) is 5.08. The van der Waals surface area contributed by atoms with Gasteiger partial charge >= 0.3 is 5.97 Å². The molecule has 0 spiro atoms. The number of thiophene rings is 1. The quantitative estimate of drug-likeness (QED) is 0.361. The molecule has 3 rings (SSSR count). The third-order valence-electron chi connectivity index (χ3n) is 3.27. The molecule has 0 fully saturated rings. The van der Waals surface area contributed by atoms with Gasteiger partial charge in [0.15, 0.2) is 0 Å². The Morgan fingerprint density at radius 1 is 1.32 bits per heavy atom. The van der Waals surface area contributed by atoms with Gasteiger partial charge in [-0.25, -0.2) is 0 Å². The van der Waals surface area contributed by atoms with Crippen molar-refractivity contribution in [2.24, 2.45) is 0 Å². The van der Waals surface area contributed by atoms with Crippen LogP contribution in [0.5, 0.6) is 0 Å². The van der Waals surface area contributed by atoms with Crippen molar-refractivity contribution >= 4 is 23.0 Å². The number of aryl methyl sites for hydroxylation is 1. The molecule has 2 heterocycles. The molecule has 9 heteroatoms. The van der Waals surface area contributed by atoms with Crippen molar-refractivity contribution in [2.75, 3.05) is 0 Å². The van der Waals surface area contributed by atoms with E-state index in [1.54, 1.807) is 12.1 Å². The molecule has 0 unspecified atom stereocenters. The third-order valence-corrected chi connectivity index (χ3v) is 4.14. The summed E-state index contributed by atoms with van der Waals surface area (Å²) < 4.78 is 10.2. The third kappa shape index (κ3) is 4.48. The molecule has 0 atom stereocenters. The first kappa shape index (κ1) is 16.8. The van der Waals surface area contributed by atoms with Crippen LogP contribution in [0, 0.1) is 10.1 Å². The van der Waals surface area contributed by atoms with Gasteiger partial charge in [0.25, 0.3) is 5.69 Å². The topological polar surface area (TPSA) is 108 Å². The predicted octanol–water partition coefficient (Wildman–Crippen LogP) is 3.38. The maximum absolute atomic E-state index is 11.8. The maximum Gasteiger partial charge on any atom is 0.306 e. The van der Waals surface area contributed by atoms with E-state index in [-0.39, 0.29) is 25.1 Å². The van der Waals surface area contributed by atoms with Crippen molar-refractivity contribution in [3.63, 3.8) is 0 Å². The van der Waals surface area contributed by atoms with Gasteiger partial charge < -0.3 is 9.26 Å². The number of carbonyl (C=O) groups is 1. The minimum Gasteiger partial charge on any atom is -0.461 e. The highest BCUT2D eigenvalue weighted by Gasteiger charge is 2.12. The maximum atomic E-state index is 11.8. The Labute approximate surface area is 146 Å². The molecule has 0 N–H and O–H groups in total. The first-order chi connectivity index (χ1) is 12.1. The Morgan fingerprint density at radius 3 is 2.96 bits per heavy atom. The van der Waals surface area contributed by atoms with Crippen LogP contribution < -0.4 is 0 Å². The van der Waals surface area contributed by atoms with Crippen LogP contribution >= 0.6 is 11.3 Å². The van der Waals surface area contributed by atoms with Crippen molar-refractivity contribution in [3.05, 3.63) is 63.3 Å². The predicted molar refractivity (Wildman–Crippen MR) is 88.8 cm³/mol. The van der Waals surface area contributed by atoms with Gasteiger partial charge in [-0.05, 0) is 17.0 Å². The molecule has 0 bridgehead atoms. The average Bonchev–Trinajstić information content (AvgIpc) is 3.29. The highest BCUT2D eigenvalue weighted by atomic mass is 32.1. The van der Waals surface area contributed by atoms with E-state index >= 15 is 0 Å². The van der Waals surface area contributed by atoms with Gasteiger partial charge in [-0.1, -0.05) is 23.4 Å². The summed E-state index contributed by atoms with van der Waals surface area (Å²) in [5.41, 5.74) is 0.515. The summed E-state index contributed by atoms with van der Waals surface area (Å²) in [6.07, 6.45) is 0.354. The molecule has 0 aliphatic carbocycles. The van der Waals surface area contributed by atoms with Crippen molar-refractivity contribution < 1.29 is 19.0 Å². The summed E-state index contributed by atoms with van der Waals surface area (Å²) in [5.74, 6) is 0.410. The number of nitrogens with zero attached hydrogens (tertiary/aromatic N) is 3. The van der Waals surface area contributed by atoms with E-state index < -0.39 is 10.9 Å². The van der Waals surface area contributed by atoms with Crippen molar-refractivity contribution in [3.8, 4) is 10.7 Å². The Morgan fingerprint density at radius 2 is 2.20 bits per heavy atom. The van der Waals surface area contributed by atoms with Crippen LogP contribution in [0.15, 0.2) is 46.3 Å². The molecule has 8 nitrogen and oxygen atoms in total. The SMILES string of the molecule is O=C(CCc1nc(-c2cccs2)no1)OCc1cccc([N+](=O)[O-])c1. The summed E-state index contributed by atoms with van der Waals surface area (Å²) in [6.45, 7) is -0.0230. The number of hydrogen-bond donors (Lipinski definition) is 0. The molecule has 0 aliphatic rings. The van der Waals surface area contributed by atoms with E-state index in [4.69, 9.17) is 9.26 Å². The van der Waals surface area contributed by atoms with E-state index in [9.17, 15) is 14.9 Å². The molecule has 0 saturated carbocycles. The largest absolute Gasteiger partial charge is 0.461 e. The summed E-state index contributed by atoms with van der Waals surface area (Å²) >= 11 is 1.50. The van der Waals surface area contributed by atoms with Crippen LogP contribution in [0.2, 0.25) is 0 Å². The lowest BCUT2D eigenvalue weighted by Gasteiger charge is -2.04. The summed E-state index contributed by atoms with van der Waals surface area (Å²) in [4.78, 5) is 27.1. The number of esters is 1. The van der Waals surface area contributed by atoms with Crippen LogP contribution in [-0.2, 0) is 22.6 Å². The van der Waals surface area contributed by atoms with Crippen LogP contribution in [0.25, 0.3) is 10.7 Å². The molecule has 0 saturated heterocycles. The van der Waals surface area contributed by atoms with Crippen molar-refractivity contribution in [2.45, 2.75) is 19.4 Å². The number of rotatable bonds is 7. The van der Waals surface area contributed by atoms with Crippen LogP contribution in [0.4, 0.5) is 5.69 Å². The number of carbonyl (C=O) groups excluding carboxylic acids is 1. The number of hydrogen-bond acceptors (Lipinski definition) is 8. The average molecular weight is 359 g/mol. The van der Waals surface area contributed by atoms with E-state index in [1.165, 1.54) is 23.5 Å². The van der Waals surface area contributed by atoms with Gasteiger partial charge in [-0.15, -0.1) is 11.3 Å². The molecule has 25 heavy (non-hydrogen) atoms. The molecule has 0 radical (unpaired) electrons.